The van der Waals surface area contributed by atoms with Crippen LogP contribution in [0, 0.1) is 5.82 Å². The van der Waals surface area contributed by atoms with Gasteiger partial charge in [-0.1, -0.05) is 18.2 Å². The number of hydrogen-bond acceptors (Lipinski definition) is 3. The first-order chi connectivity index (χ1) is 13.2. The van der Waals surface area contributed by atoms with E-state index >= 15 is 0 Å². The van der Waals surface area contributed by atoms with Crippen LogP contribution in [0.2, 0.25) is 0 Å². The van der Waals surface area contributed by atoms with Crippen LogP contribution in [-0.4, -0.2) is 21.0 Å². The molecule has 1 atom stereocenters. The van der Waals surface area contributed by atoms with Crippen molar-refractivity contribution >= 4 is 17.7 Å². The predicted octanol–water partition coefficient (Wildman–Crippen LogP) is 4.69. The van der Waals surface area contributed by atoms with Crippen molar-refractivity contribution in [2.75, 3.05) is 0 Å². The van der Waals surface area contributed by atoms with Gasteiger partial charge in [0.25, 0.3) is 5.91 Å². The highest BCUT2D eigenvalue weighted by atomic mass is 32.2. The number of carbonyl (C=O) groups excluding carboxylic acids is 1. The fourth-order valence-corrected chi connectivity index (χ4v) is 3.21. The molecule has 0 fully saturated rings. The molecule has 0 bridgehead atoms. The average molecular weight is 409 g/mol. The fraction of sp³-hybridized carbons (Fsp3) is 0.158. The lowest BCUT2D eigenvalue weighted by atomic mass is 10.0. The highest BCUT2D eigenvalue weighted by Gasteiger charge is 2.29. The van der Waals surface area contributed by atoms with Gasteiger partial charge in [-0.05, 0) is 42.1 Å². The van der Waals surface area contributed by atoms with E-state index in [2.05, 4.69) is 10.3 Å². The number of halogens is 4. The van der Waals surface area contributed by atoms with Gasteiger partial charge in [0.05, 0.1) is 0 Å². The van der Waals surface area contributed by atoms with Crippen LogP contribution in [0.15, 0.2) is 65.8 Å². The first-order valence-electron chi connectivity index (χ1n) is 8.13. The lowest BCUT2D eigenvalue weighted by Crippen LogP contribution is -2.31. The van der Waals surface area contributed by atoms with Crippen molar-refractivity contribution in [1.29, 1.82) is 0 Å². The van der Waals surface area contributed by atoms with Gasteiger partial charge in [-0.25, -0.2) is 9.37 Å². The number of benzene rings is 2. The van der Waals surface area contributed by atoms with E-state index in [-0.39, 0.29) is 27.8 Å². The van der Waals surface area contributed by atoms with Gasteiger partial charge in [0.15, 0.2) is 0 Å². The van der Waals surface area contributed by atoms with Gasteiger partial charge in [-0.2, -0.15) is 13.2 Å². The molecule has 1 aromatic heterocycles. The number of nitrogens with one attached hydrogen (secondary N) is 1. The SMILES string of the molecule is Cn1ccnc1C(NC(=O)c1ccc(SC(F)(F)F)cc1)c1ccccc1F. The Bertz CT molecular complexity index is 970. The van der Waals surface area contributed by atoms with E-state index < -0.39 is 23.3 Å². The fourth-order valence-electron chi connectivity index (χ4n) is 2.67. The molecule has 28 heavy (non-hydrogen) atoms. The molecule has 0 aliphatic heterocycles. The van der Waals surface area contributed by atoms with Crippen molar-refractivity contribution in [3.05, 3.63) is 83.7 Å². The van der Waals surface area contributed by atoms with E-state index in [4.69, 9.17) is 0 Å². The largest absolute Gasteiger partial charge is 0.446 e. The first kappa shape index (κ1) is 19.9. The van der Waals surface area contributed by atoms with Crippen LogP contribution in [0.3, 0.4) is 0 Å². The van der Waals surface area contributed by atoms with Gasteiger partial charge >= 0.3 is 5.51 Å². The summed E-state index contributed by atoms with van der Waals surface area (Å²) in [6.45, 7) is 0. The summed E-state index contributed by atoms with van der Waals surface area (Å²) in [4.78, 5) is 16.8. The second-order valence-corrected chi connectivity index (χ2v) is 7.03. The third kappa shape index (κ3) is 4.72. The van der Waals surface area contributed by atoms with Crippen molar-refractivity contribution in [2.45, 2.75) is 16.4 Å². The van der Waals surface area contributed by atoms with Crippen LogP contribution in [0.25, 0.3) is 0 Å². The highest BCUT2D eigenvalue weighted by molar-refractivity contribution is 8.00. The molecule has 0 aliphatic rings. The highest BCUT2D eigenvalue weighted by Crippen LogP contribution is 2.36. The van der Waals surface area contributed by atoms with Gasteiger partial charge in [-0.3, -0.25) is 4.79 Å². The first-order valence-corrected chi connectivity index (χ1v) is 8.94. The van der Waals surface area contributed by atoms with Crippen LogP contribution in [-0.2, 0) is 7.05 Å². The van der Waals surface area contributed by atoms with E-state index in [1.165, 1.54) is 48.7 Å². The molecule has 0 saturated heterocycles. The zero-order valence-corrected chi connectivity index (χ0v) is 15.4. The molecule has 9 heteroatoms. The summed E-state index contributed by atoms with van der Waals surface area (Å²) in [5.74, 6) is -0.643. The number of alkyl halides is 3. The zero-order valence-electron chi connectivity index (χ0n) is 14.6. The third-order valence-electron chi connectivity index (χ3n) is 3.96. The van der Waals surface area contributed by atoms with Crippen molar-refractivity contribution in [1.82, 2.24) is 14.9 Å². The summed E-state index contributed by atoms with van der Waals surface area (Å²) < 4.78 is 53.3. The van der Waals surface area contributed by atoms with Crippen molar-refractivity contribution in [2.24, 2.45) is 7.05 Å². The Hall–Kier alpha value is -2.81. The van der Waals surface area contributed by atoms with E-state index in [0.717, 1.165) is 0 Å². The van der Waals surface area contributed by atoms with Gasteiger partial charge in [0.1, 0.15) is 17.7 Å². The second-order valence-electron chi connectivity index (χ2n) is 5.90. The molecule has 1 heterocycles. The number of thioether (sulfide) groups is 1. The maximum absolute atomic E-state index is 14.3. The smallest absolute Gasteiger partial charge is 0.338 e. The van der Waals surface area contributed by atoms with Gasteiger partial charge < -0.3 is 9.88 Å². The Morgan fingerprint density at radius 3 is 2.39 bits per heavy atom. The molecule has 146 valence electrons. The van der Waals surface area contributed by atoms with Crippen molar-refractivity contribution < 1.29 is 22.4 Å². The number of amides is 1. The lowest BCUT2D eigenvalue weighted by molar-refractivity contribution is -0.0328. The van der Waals surface area contributed by atoms with Crippen LogP contribution >= 0.6 is 11.8 Å². The molecule has 0 radical (unpaired) electrons. The number of imidazole rings is 1. The third-order valence-corrected chi connectivity index (χ3v) is 4.70. The van der Waals surface area contributed by atoms with E-state index in [9.17, 15) is 22.4 Å². The number of rotatable bonds is 5. The molecule has 0 aliphatic carbocycles. The second kappa shape index (κ2) is 8.05. The number of hydrogen-bond donors (Lipinski definition) is 1. The topological polar surface area (TPSA) is 46.9 Å². The summed E-state index contributed by atoms with van der Waals surface area (Å²) in [7, 11) is 1.71. The minimum absolute atomic E-state index is 0.0289. The maximum atomic E-state index is 14.3. The minimum atomic E-state index is -4.40. The van der Waals surface area contributed by atoms with Crippen molar-refractivity contribution in [3.63, 3.8) is 0 Å². The number of carbonyl (C=O) groups is 1. The predicted molar refractivity (Wildman–Crippen MR) is 97.3 cm³/mol. The molecule has 0 saturated carbocycles. The van der Waals surface area contributed by atoms with Gasteiger partial charge in [0, 0.05) is 35.5 Å². The van der Waals surface area contributed by atoms with Crippen LogP contribution in [0.4, 0.5) is 17.6 Å². The molecule has 3 aromatic rings. The number of aromatic nitrogens is 2. The molecule has 1 unspecified atom stereocenters. The summed E-state index contributed by atoms with van der Waals surface area (Å²) >= 11 is -0.261. The number of aryl methyl sites for hydroxylation is 1. The molecule has 1 N–H and O–H groups in total. The lowest BCUT2D eigenvalue weighted by Gasteiger charge is -2.20. The molecule has 0 spiro atoms. The Morgan fingerprint density at radius 2 is 1.82 bits per heavy atom. The molecular weight excluding hydrogens is 394 g/mol. The van der Waals surface area contributed by atoms with Crippen molar-refractivity contribution in [3.8, 4) is 0 Å². The van der Waals surface area contributed by atoms with Crippen LogP contribution in [0.5, 0.6) is 0 Å². The van der Waals surface area contributed by atoms with Crippen LogP contribution in [0.1, 0.15) is 27.8 Å². The van der Waals surface area contributed by atoms with E-state index in [0.29, 0.717) is 5.82 Å². The van der Waals surface area contributed by atoms with E-state index in [1.54, 1.807) is 23.9 Å². The number of nitrogens with zero attached hydrogens (tertiary/aromatic N) is 2. The summed E-state index contributed by atoms with van der Waals surface area (Å²) in [6.07, 6.45) is 3.19. The Kier molecular flexibility index (Phi) is 5.73. The molecule has 1 amide bonds. The quantitative estimate of drug-likeness (QED) is 0.491. The van der Waals surface area contributed by atoms with Crippen LogP contribution < -0.4 is 5.32 Å². The maximum Gasteiger partial charge on any atom is 0.446 e. The molecule has 2 aromatic carbocycles. The average Bonchev–Trinajstić information content (AvgIpc) is 3.05. The van der Waals surface area contributed by atoms with Gasteiger partial charge in [-0.15, -0.1) is 0 Å². The minimum Gasteiger partial charge on any atom is -0.338 e. The standard InChI is InChI=1S/C19H15F4N3OS/c1-26-11-10-24-17(26)16(14-4-2-3-5-15(14)20)25-18(27)12-6-8-13(9-7-12)28-19(21,22)23/h2-11,16H,1H3,(H,25,27). The summed E-state index contributed by atoms with van der Waals surface area (Å²) in [6, 6.07) is 10.1. The molecular formula is C19H15F4N3OS. The van der Waals surface area contributed by atoms with Gasteiger partial charge in [0.2, 0.25) is 0 Å². The zero-order chi connectivity index (χ0) is 20.3. The molecule has 4 nitrogen and oxygen atoms in total. The van der Waals surface area contributed by atoms with E-state index in [1.807, 2.05) is 0 Å². The summed E-state index contributed by atoms with van der Waals surface area (Å²) in [5, 5.41) is 2.71. The molecule has 3 rings (SSSR count). The monoisotopic (exact) mass is 409 g/mol. The Morgan fingerprint density at radius 1 is 1.14 bits per heavy atom. The Balaban J connectivity index is 1.86. The Labute approximate surface area is 162 Å². The normalized spacial score (nSPS) is 12.6. The summed E-state index contributed by atoms with van der Waals surface area (Å²) in [5.41, 5.74) is -4.02.